The van der Waals surface area contributed by atoms with Crippen molar-refractivity contribution in [1.82, 2.24) is 9.88 Å². The Morgan fingerprint density at radius 3 is 3.12 bits per heavy atom. The molecule has 1 atom stereocenters. The number of benzene rings is 1. The first-order chi connectivity index (χ1) is 12.2. The van der Waals surface area contributed by atoms with Gasteiger partial charge in [0, 0.05) is 44.2 Å². The van der Waals surface area contributed by atoms with E-state index in [4.69, 9.17) is 4.74 Å². The predicted octanol–water partition coefficient (Wildman–Crippen LogP) is 3.46. The Morgan fingerprint density at radius 1 is 1.48 bits per heavy atom. The second-order valence-corrected chi connectivity index (χ2v) is 7.39. The summed E-state index contributed by atoms with van der Waals surface area (Å²) < 4.78 is 5.79. The molecule has 1 aromatic carbocycles. The Hall–Kier alpha value is -1.76. The van der Waals surface area contributed by atoms with Crippen LogP contribution in [0.5, 0.6) is 0 Å². The lowest BCUT2D eigenvalue weighted by Gasteiger charge is -2.25. The number of nitrogens with one attached hydrogen (secondary N) is 1. The van der Waals surface area contributed by atoms with Crippen LogP contribution in [0.2, 0.25) is 0 Å². The van der Waals surface area contributed by atoms with Crippen LogP contribution in [0.3, 0.4) is 0 Å². The summed E-state index contributed by atoms with van der Waals surface area (Å²) in [6.45, 7) is 5.39. The zero-order valence-electron chi connectivity index (χ0n) is 14.6. The largest absolute Gasteiger partial charge is 0.377 e. The topological polar surface area (TPSA) is 54.5 Å². The maximum Gasteiger partial charge on any atom is 0.227 e. The number of hydrogen-bond donors (Lipinski definition) is 1. The number of carbonyl (C=O) groups is 1. The third-order valence-electron chi connectivity index (χ3n) is 4.31. The van der Waals surface area contributed by atoms with Crippen molar-refractivity contribution in [2.45, 2.75) is 38.8 Å². The highest BCUT2D eigenvalue weighted by Gasteiger charge is 2.20. The van der Waals surface area contributed by atoms with Gasteiger partial charge in [0.25, 0.3) is 0 Å². The van der Waals surface area contributed by atoms with Gasteiger partial charge in [-0.1, -0.05) is 29.8 Å². The molecule has 0 aliphatic carbocycles. The lowest BCUT2D eigenvalue weighted by molar-refractivity contribution is -0.116. The molecule has 1 amide bonds. The molecule has 0 radical (unpaired) electrons. The minimum absolute atomic E-state index is 0.0107. The Bertz CT molecular complexity index is 669. The number of anilines is 1. The Kier molecular flexibility index (Phi) is 6.55. The van der Waals surface area contributed by atoms with Crippen molar-refractivity contribution in [1.29, 1.82) is 0 Å². The number of hydrogen-bond acceptors (Lipinski definition) is 5. The summed E-state index contributed by atoms with van der Waals surface area (Å²) in [5.41, 5.74) is 2.54. The number of thiazole rings is 1. The number of amides is 1. The molecule has 1 aliphatic rings. The van der Waals surface area contributed by atoms with Gasteiger partial charge in [-0.3, -0.25) is 9.69 Å². The zero-order valence-corrected chi connectivity index (χ0v) is 15.4. The van der Waals surface area contributed by atoms with E-state index >= 15 is 0 Å². The normalized spacial score (nSPS) is 17.1. The van der Waals surface area contributed by atoms with Gasteiger partial charge in [0.05, 0.1) is 6.10 Å². The Labute approximate surface area is 153 Å². The lowest BCUT2D eigenvalue weighted by Crippen LogP contribution is -2.34. The molecule has 0 saturated carbocycles. The van der Waals surface area contributed by atoms with Crippen LogP contribution in [0.1, 0.15) is 30.4 Å². The number of rotatable bonds is 8. The van der Waals surface area contributed by atoms with Crippen LogP contribution in [-0.4, -0.2) is 41.6 Å². The molecule has 1 N–H and O–H groups in total. The van der Waals surface area contributed by atoms with Gasteiger partial charge in [-0.25, -0.2) is 4.98 Å². The van der Waals surface area contributed by atoms with Crippen molar-refractivity contribution >= 4 is 22.4 Å². The molecule has 134 valence electrons. The number of aromatic nitrogens is 1. The van der Waals surface area contributed by atoms with Gasteiger partial charge in [0.2, 0.25) is 5.91 Å². The molecule has 0 unspecified atom stereocenters. The highest BCUT2D eigenvalue weighted by atomic mass is 32.1. The summed E-state index contributed by atoms with van der Waals surface area (Å²) in [5.74, 6) is 0.0107. The predicted molar refractivity (Wildman–Crippen MR) is 101 cm³/mol. The van der Waals surface area contributed by atoms with Crippen LogP contribution in [0.15, 0.2) is 35.8 Å². The van der Waals surface area contributed by atoms with Crippen LogP contribution < -0.4 is 5.32 Å². The fourth-order valence-electron chi connectivity index (χ4n) is 3.11. The van der Waals surface area contributed by atoms with Gasteiger partial charge in [-0.15, -0.1) is 11.3 Å². The van der Waals surface area contributed by atoms with Crippen LogP contribution >= 0.6 is 11.3 Å². The molecule has 1 aromatic heterocycles. The fourth-order valence-corrected chi connectivity index (χ4v) is 3.65. The van der Waals surface area contributed by atoms with Crippen LogP contribution in [-0.2, 0) is 16.1 Å². The van der Waals surface area contributed by atoms with E-state index in [0.29, 0.717) is 18.1 Å². The van der Waals surface area contributed by atoms with Crippen molar-refractivity contribution in [3.05, 3.63) is 47.0 Å². The summed E-state index contributed by atoms with van der Waals surface area (Å²) in [4.78, 5) is 18.6. The molecule has 5 nitrogen and oxygen atoms in total. The van der Waals surface area contributed by atoms with E-state index < -0.39 is 0 Å². The van der Waals surface area contributed by atoms with Gasteiger partial charge >= 0.3 is 0 Å². The summed E-state index contributed by atoms with van der Waals surface area (Å²) in [5, 5.41) is 5.37. The Morgan fingerprint density at radius 2 is 2.40 bits per heavy atom. The highest BCUT2D eigenvalue weighted by Crippen LogP contribution is 2.16. The van der Waals surface area contributed by atoms with Gasteiger partial charge in [-0.05, 0) is 25.3 Å². The van der Waals surface area contributed by atoms with E-state index in [1.807, 2.05) is 5.38 Å². The maximum atomic E-state index is 12.2. The van der Waals surface area contributed by atoms with Crippen molar-refractivity contribution in [2.75, 3.05) is 25.0 Å². The molecule has 3 rings (SSSR count). The Balaban J connectivity index is 1.56. The van der Waals surface area contributed by atoms with Crippen molar-refractivity contribution in [3.63, 3.8) is 0 Å². The van der Waals surface area contributed by atoms with Crippen LogP contribution in [0, 0.1) is 6.92 Å². The summed E-state index contributed by atoms with van der Waals surface area (Å²) in [6.07, 6.45) is 4.68. The van der Waals surface area contributed by atoms with E-state index in [0.717, 1.165) is 32.5 Å². The molecule has 2 aromatic rings. The van der Waals surface area contributed by atoms with E-state index in [1.54, 1.807) is 6.20 Å². The average molecular weight is 359 g/mol. The minimum atomic E-state index is 0.0107. The molecule has 0 spiro atoms. The minimum Gasteiger partial charge on any atom is -0.377 e. The number of nitrogens with zero attached hydrogens (tertiary/aromatic N) is 2. The fraction of sp³-hybridized carbons (Fsp3) is 0.474. The highest BCUT2D eigenvalue weighted by molar-refractivity contribution is 7.13. The maximum absolute atomic E-state index is 12.2. The third kappa shape index (κ3) is 5.92. The molecule has 6 heteroatoms. The molecule has 0 bridgehead atoms. The standard InChI is InChI=1S/C19H25N3O2S/c1-15-4-2-5-16(12-15)13-22(14-17-6-3-10-24-17)9-7-18(23)21-19-20-8-11-25-19/h2,4-5,8,11-12,17H,3,6-7,9-10,13-14H2,1H3,(H,20,21,23)/t17-/m1/s1. The van der Waals surface area contributed by atoms with E-state index in [1.165, 1.54) is 22.5 Å². The van der Waals surface area contributed by atoms with Crippen LogP contribution in [0.4, 0.5) is 5.13 Å². The summed E-state index contributed by atoms with van der Waals surface area (Å²) in [7, 11) is 0. The molecular weight excluding hydrogens is 334 g/mol. The molecule has 25 heavy (non-hydrogen) atoms. The van der Waals surface area contributed by atoms with Crippen molar-refractivity contribution < 1.29 is 9.53 Å². The second-order valence-electron chi connectivity index (χ2n) is 6.49. The second kappa shape index (κ2) is 9.08. The van der Waals surface area contributed by atoms with E-state index in [9.17, 15) is 4.79 Å². The van der Waals surface area contributed by atoms with E-state index in [-0.39, 0.29) is 12.0 Å². The molecule has 2 heterocycles. The summed E-state index contributed by atoms with van der Waals surface area (Å²) in [6, 6.07) is 8.54. The first kappa shape index (κ1) is 18.0. The van der Waals surface area contributed by atoms with Crippen molar-refractivity contribution in [2.24, 2.45) is 0 Å². The first-order valence-electron chi connectivity index (χ1n) is 8.78. The molecule has 1 fully saturated rings. The van der Waals surface area contributed by atoms with Gasteiger partial charge in [0.1, 0.15) is 0 Å². The summed E-state index contributed by atoms with van der Waals surface area (Å²) >= 11 is 1.44. The van der Waals surface area contributed by atoms with Crippen LogP contribution in [0.25, 0.3) is 0 Å². The number of aryl methyl sites for hydroxylation is 1. The van der Waals surface area contributed by atoms with Gasteiger partial charge < -0.3 is 10.1 Å². The van der Waals surface area contributed by atoms with Gasteiger partial charge in [0.15, 0.2) is 5.13 Å². The first-order valence-corrected chi connectivity index (χ1v) is 9.66. The average Bonchev–Trinajstić information content (AvgIpc) is 3.26. The number of ether oxygens (including phenoxy) is 1. The van der Waals surface area contributed by atoms with Gasteiger partial charge in [-0.2, -0.15) is 0 Å². The SMILES string of the molecule is Cc1cccc(CN(CCC(=O)Nc2nccs2)C[C@H]2CCCO2)c1. The lowest BCUT2D eigenvalue weighted by atomic mass is 10.1. The zero-order chi connectivity index (χ0) is 17.5. The molecule has 1 saturated heterocycles. The molecule has 1 aliphatic heterocycles. The number of carbonyl (C=O) groups excluding carboxylic acids is 1. The van der Waals surface area contributed by atoms with E-state index in [2.05, 4.69) is 46.4 Å². The van der Waals surface area contributed by atoms with Crippen molar-refractivity contribution in [3.8, 4) is 0 Å². The quantitative estimate of drug-likeness (QED) is 0.784. The molecular formula is C19H25N3O2S. The third-order valence-corrected chi connectivity index (χ3v) is 5.00. The monoisotopic (exact) mass is 359 g/mol. The smallest absolute Gasteiger partial charge is 0.227 e.